The fourth-order valence-corrected chi connectivity index (χ4v) is 2.92. The van der Waals surface area contributed by atoms with Gasteiger partial charge in [0.25, 0.3) is 0 Å². The number of rotatable bonds is 5. The smallest absolute Gasteiger partial charge is 0.0107 e. The van der Waals surface area contributed by atoms with Crippen LogP contribution in [-0.2, 0) is 0 Å². The molecule has 2 rings (SSSR count). The first-order valence-corrected chi connectivity index (χ1v) is 7.19. The summed E-state index contributed by atoms with van der Waals surface area (Å²) < 4.78 is 0. The first kappa shape index (κ1) is 12.4. The van der Waals surface area contributed by atoms with Gasteiger partial charge in [0.15, 0.2) is 0 Å². The SMILES string of the molecule is CC1CCC(NCCN(C)C2CCC2)CC1. The first-order valence-electron chi connectivity index (χ1n) is 7.19. The molecule has 0 heterocycles. The summed E-state index contributed by atoms with van der Waals surface area (Å²) in [6.45, 7) is 4.81. The molecule has 0 aromatic rings. The van der Waals surface area contributed by atoms with Gasteiger partial charge >= 0.3 is 0 Å². The second-order valence-electron chi connectivity index (χ2n) is 5.98. The van der Waals surface area contributed by atoms with Crippen molar-refractivity contribution >= 4 is 0 Å². The Morgan fingerprint density at radius 2 is 1.75 bits per heavy atom. The molecule has 2 nitrogen and oxygen atoms in total. The van der Waals surface area contributed by atoms with Crippen molar-refractivity contribution in [3.05, 3.63) is 0 Å². The predicted molar refractivity (Wildman–Crippen MR) is 69.7 cm³/mol. The van der Waals surface area contributed by atoms with Gasteiger partial charge in [-0.05, 0) is 51.5 Å². The predicted octanol–water partition coefficient (Wildman–Crippen LogP) is 2.64. The van der Waals surface area contributed by atoms with E-state index in [9.17, 15) is 0 Å². The van der Waals surface area contributed by atoms with Crippen LogP contribution in [0.4, 0.5) is 0 Å². The van der Waals surface area contributed by atoms with Gasteiger partial charge in [0, 0.05) is 25.2 Å². The summed E-state index contributed by atoms with van der Waals surface area (Å²) >= 11 is 0. The molecule has 2 aliphatic rings. The maximum Gasteiger partial charge on any atom is 0.0107 e. The Balaban J connectivity index is 1.53. The van der Waals surface area contributed by atoms with Crippen LogP contribution in [0.25, 0.3) is 0 Å². The number of hydrogen-bond acceptors (Lipinski definition) is 2. The average Bonchev–Trinajstić information content (AvgIpc) is 2.18. The third kappa shape index (κ3) is 3.46. The van der Waals surface area contributed by atoms with E-state index in [2.05, 4.69) is 24.2 Å². The van der Waals surface area contributed by atoms with Gasteiger partial charge in [-0.3, -0.25) is 0 Å². The Morgan fingerprint density at radius 1 is 1.06 bits per heavy atom. The average molecular weight is 224 g/mol. The van der Waals surface area contributed by atoms with E-state index in [0.717, 1.165) is 18.0 Å². The molecule has 2 aliphatic carbocycles. The standard InChI is InChI=1S/C14H28N2/c1-12-6-8-13(9-7-12)15-10-11-16(2)14-4-3-5-14/h12-15H,3-11H2,1-2H3. The third-order valence-electron chi connectivity index (χ3n) is 4.61. The molecule has 94 valence electrons. The Morgan fingerprint density at radius 3 is 2.31 bits per heavy atom. The van der Waals surface area contributed by atoms with Crippen molar-refractivity contribution in [1.82, 2.24) is 10.2 Å². The molecule has 0 radical (unpaired) electrons. The molecule has 2 heteroatoms. The van der Waals surface area contributed by atoms with Crippen LogP contribution in [0.2, 0.25) is 0 Å². The van der Waals surface area contributed by atoms with Gasteiger partial charge < -0.3 is 10.2 Å². The van der Waals surface area contributed by atoms with Crippen LogP contribution in [0.3, 0.4) is 0 Å². The number of likely N-dealkylation sites (N-methyl/N-ethyl adjacent to an activating group) is 1. The minimum atomic E-state index is 0.811. The van der Waals surface area contributed by atoms with Gasteiger partial charge in [0.1, 0.15) is 0 Å². The molecule has 1 N–H and O–H groups in total. The highest BCUT2D eigenvalue weighted by Gasteiger charge is 2.22. The lowest BCUT2D eigenvalue weighted by atomic mass is 9.87. The molecular formula is C14H28N2. The first-order chi connectivity index (χ1) is 7.75. The zero-order valence-corrected chi connectivity index (χ0v) is 11.0. The summed E-state index contributed by atoms with van der Waals surface area (Å²) in [7, 11) is 2.29. The van der Waals surface area contributed by atoms with Crippen LogP contribution in [0.15, 0.2) is 0 Å². The van der Waals surface area contributed by atoms with E-state index in [-0.39, 0.29) is 0 Å². The van der Waals surface area contributed by atoms with E-state index in [4.69, 9.17) is 0 Å². The highest BCUT2D eigenvalue weighted by Crippen LogP contribution is 2.24. The normalized spacial score (nSPS) is 31.7. The molecule has 0 aromatic heterocycles. The highest BCUT2D eigenvalue weighted by atomic mass is 15.1. The summed E-state index contributed by atoms with van der Waals surface area (Å²) in [4.78, 5) is 2.54. The monoisotopic (exact) mass is 224 g/mol. The lowest BCUT2D eigenvalue weighted by Crippen LogP contribution is -2.43. The summed E-state index contributed by atoms with van der Waals surface area (Å²) in [5.74, 6) is 0.968. The quantitative estimate of drug-likeness (QED) is 0.772. The molecular weight excluding hydrogens is 196 g/mol. The Labute approximate surface area is 101 Å². The van der Waals surface area contributed by atoms with Crippen LogP contribution in [0.5, 0.6) is 0 Å². The van der Waals surface area contributed by atoms with E-state index in [0.29, 0.717) is 0 Å². The molecule has 2 saturated carbocycles. The van der Waals surface area contributed by atoms with Crippen molar-refractivity contribution in [3.63, 3.8) is 0 Å². The lowest BCUT2D eigenvalue weighted by Gasteiger charge is -2.35. The molecule has 0 spiro atoms. The number of nitrogens with one attached hydrogen (secondary N) is 1. The van der Waals surface area contributed by atoms with Crippen LogP contribution in [0, 0.1) is 5.92 Å². The molecule has 0 unspecified atom stereocenters. The van der Waals surface area contributed by atoms with E-state index in [1.54, 1.807) is 0 Å². The van der Waals surface area contributed by atoms with E-state index in [1.165, 1.54) is 58.0 Å². The lowest BCUT2D eigenvalue weighted by molar-refractivity contribution is 0.157. The van der Waals surface area contributed by atoms with Crippen molar-refractivity contribution in [2.24, 2.45) is 5.92 Å². The molecule has 0 atom stereocenters. The van der Waals surface area contributed by atoms with Crippen molar-refractivity contribution in [1.29, 1.82) is 0 Å². The second kappa shape index (κ2) is 6.02. The number of hydrogen-bond donors (Lipinski definition) is 1. The maximum atomic E-state index is 3.73. The van der Waals surface area contributed by atoms with Gasteiger partial charge in [0.05, 0.1) is 0 Å². The zero-order valence-electron chi connectivity index (χ0n) is 11.0. The van der Waals surface area contributed by atoms with Gasteiger partial charge in [-0.1, -0.05) is 13.3 Å². The molecule has 0 saturated heterocycles. The van der Waals surface area contributed by atoms with E-state index in [1.807, 2.05) is 0 Å². The van der Waals surface area contributed by atoms with Gasteiger partial charge in [-0.2, -0.15) is 0 Å². The Hall–Kier alpha value is -0.0800. The maximum absolute atomic E-state index is 3.73. The minimum absolute atomic E-state index is 0.811. The zero-order chi connectivity index (χ0) is 11.4. The Kier molecular flexibility index (Phi) is 4.66. The van der Waals surface area contributed by atoms with Gasteiger partial charge in [-0.25, -0.2) is 0 Å². The summed E-state index contributed by atoms with van der Waals surface area (Å²) in [6.07, 6.45) is 9.95. The molecule has 0 aromatic carbocycles. The van der Waals surface area contributed by atoms with E-state index >= 15 is 0 Å². The summed E-state index contributed by atoms with van der Waals surface area (Å²) in [5, 5.41) is 3.73. The minimum Gasteiger partial charge on any atom is -0.313 e. The van der Waals surface area contributed by atoms with Crippen molar-refractivity contribution in [2.45, 2.75) is 64.0 Å². The van der Waals surface area contributed by atoms with Crippen LogP contribution in [-0.4, -0.2) is 37.1 Å². The second-order valence-corrected chi connectivity index (χ2v) is 5.98. The van der Waals surface area contributed by atoms with Crippen molar-refractivity contribution in [3.8, 4) is 0 Å². The topological polar surface area (TPSA) is 15.3 Å². The summed E-state index contributed by atoms with van der Waals surface area (Å²) in [5.41, 5.74) is 0. The third-order valence-corrected chi connectivity index (χ3v) is 4.61. The van der Waals surface area contributed by atoms with Crippen molar-refractivity contribution < 1.29 is 0 Å². The van der Waals surface area contributed by atoms with Crippen LogP contribution in [0.1, 0.15) is 51.9 Å². The molecule has 0 amide bonds. The largest absolute Gasteiger partial charge is 0.313 e. The number of nitrogens with zero attached hydrogens (tertiary/aromatic N) is 1. The van der Waals surface area contributed by atoms with Gasteiger partial charge in [0.2, 0.25) is 0 Å². The van der Waals surface area contributed by atoms with Crippen LogP contribution >= 0.6 is 0 Å². The Bertz CT molecular complexity index is 193. The van der Waals surface area contributed by atoms with Gasteiger partial charge in [-0.15, -0.1) is 0 Å². The molecule has 0 aliphatic heterocycles. The van der Waals surface area contributed by atoms with Crippen molar-refractivity contribution in [2.75, 3.05) is 20.1 Å². The molecule has 0 bridgehead atoms. The highest BCUT2D eigenvalue weighted by molar-refractivity contribution is 4.79. The van der Waals surface area contributed by atoms with E-state index < -0.39 is 0 Å². The van der Waals surface area contributed by atoms with Crippen LogP contribution < -0.4 is 5.32 Å². The fraction of sp³-hybridized carbons (Fsp3) is 1.00. The fourth-order valence-electron chi connectivity index (χ4n) is 2.92. The molecule has 2 fully saturated rings. The summed E-state index contributed by atoms with van der Waals surface area (Å²) in [6, 6.07) is 1.71. The molecule has 16 heavy (non-hydrogen) atoms.